The number of carbonyl (C=O) groups excluding carboxylic acids is 1. The molecule has 0 bridgehead atoms. The number of aromatic carboxylic acids is 1. The lowest BCUT2D eigenvalue weighted by Gasteiger charge is -2.26. The van der Waals surface area contributed by atoms with Crippen LogP contribution in [0.3, 0.4) is 0 Å². The van der Waals surface area contributed by atoms with Crippen molar-refractivity contribution < 1.29 is 14.7 Å². The van der Waals surface area contributed by atoms with Crippen molar-refractivity contribution in [2.75, 3.05) is 6.54 Å². The Morgan fingerprint density at radius 2 is 2.14 bits per heavy atom. The predicted octanol–water partition coefficient (Wildman–Crippen LogP) is 1.38. The highest BCUT2D eigenvalue weighted by Gasteiger charge is 2.29. The number of amides is 1. The van der Waals surface area contributed by atoms with E-state index in [1.54, 1.807) is 4.90 Å². The molecule has 3 heterocycles. The predicted molar refractivity (Wildman–Crippen MR) is 75.6 cm³/mol. The zero-order chi connectivity index (χ0) is 15.1. The normalized spacial score (nSPS) is 14.1. The highest BCUT2D eigenvalue weighted by Crippen LogP contribution is 2.24. The SMILES string of the molecule is Cc1nc(C)c(C(=O)N2CCc3c(C(=O)O)n[nH]c3C2)s1. The number of nitrogens with one attached hydrogen (secondary N) is 1. The molecule has 0 unspecified atom stereocenters. The number of aromatic nitrogens is 3. The van der Waals surface area contributed by atoms with E-state index in [0.717, 1.165) is 10.7 Å². The zero-order valence-electron chi connectivity index (χ0n) is 11.6. The molecule has 0 aromatic carbocycles. The van der Waals surface area contributed by atoms with E-state index in [1.807, 2.05) is 13.8 Å². The summed E-state index contributed by atoms with van der Waals surface area (Å²) < 4.78 is 0. The molecule has 110 valence electrons. The molecule has 0 saturated heterocycles. The van der Waals surface area contributed by atoms with Crippen LogP contribution >= 0.6 is 11.3 Å². The maximum Gasteiger partial charge on any atom is 0.356 e. The summed E-state index contributed by atoms with van der Waals surface area (Å²) in [5.74, 6) is -1.10. The number of hydrogen-bond donors (Lipinski definition) is 2. The molecule has 3 rings (SSSR count). The molecule has 1 aliphatic heterocycles. The third-order valence-corrected chi connectivity index (χ3v) is 4.58. The maximum atomic E-state index is 12.5. The minimum absolute atomic E-state index is 0.0573. The first-order chi connectivity index (χ1) is 9.97. The molecule has 2 N–H and O–H groups in total. The Hall–Kier alpha value is -2.22. The van der Waals surface area contributed by atoms with Crippen LogP contribution in [0.5, 0.6) is 0 Å². The fourth-order valence-electron chi connectivity index (χ4n) is 2.54. The summed E-state index contributed by atoms with van der Waals surface area (Å²) in [6, 6.07) is 0. The number of aromatic amines is 1. The van der Waals surface area contributed by atoms with Gasteiger partial charge in [0, 0.05) is 12.1 Å². The summed E-state index contributed by atoms with van der Waals surface area (Å²) >= 11 is 1.39. The lowest BCUT2D eigenvalue weighted by molar-refractivity contribution is 0.0689. The molecule has 0 radical (unpaired) electrons. The number of carboxylic acids is 1. The summed E-state index contributed by atoms with van der Waals surface area (Å²) in [5.41, 5.74) is 2.20. The minimum Gasteiger partial charge on any atom is -0.476 e. The van der Waals surface area contributed by atoms with Crippen molar-refractivity contribution in [3.8, 4) is 0 Å². The summed E-state index contributed by atoms with van der Waals surface area (Å²) in [6.07, 6.45) is 0.496. The Morgan fingerprint density at radius 3 is 2.76 bits per heavy atom. The second kappa shape index (κ2) is 4.96. The minimum atomic E-state index is -1.04. The van der Waals surface area contributed by atoms with E-state index >= 15 is 0 Å². The fourth-order valence-corrected chi connectivity index (χ4v) is 3.43. The molecule has 0 saturated carbocycles. The lowest BCUT2D eigenvalue weighted by Crippen LogP contribution is -2.36. The highest BCUT2D eigenvalue weighted by atomic mass is 32.1. The average Bonchev–Trinajstić information content (AvgIpc) is 3.00. The lowest BCUT2D eigenvalue weighted by atomic mass is 10.0. The van der Waals surface area contributed by atoms with E-state index in [1.165, 1.54) is 11.3 Å². The first-order valence-corrected chi connectivity index (χ1v) is 7.31. The van der Waals surface area contributed by atoms with E-state index in [-0.39, 0.29) is 11.6 Å². The van der Waals surface area contributed by atoms with Gasteiger partial charge >= 0.3 is 5.97 Å². The van der Waals surface area contributed by atoms with Crippen molar-refractivity contribution in [3.05, 3.63) is 32.5 Å². The molecule has 2 aromatic heterocycles. The molecule has 21 heavy (non-hydrogen) atoms. The number of hydrogen-bond acceptors (Lipinski definition) is 5. The molecular formula is C13H14N4O3S. The van der Waals surface area contributed by atoms with E-state index < -0.39 is 5.97 Å². The van der Waals surface area contributed by atoms with Gasteiger partial charge in [-0.05, 0) is 20.3 Å². The van der Waals surface area contributed by atoms with Gasteiger partial charge in [0.25, 0.3) is 5.91 Å². The first-order valence-electron chi connectivity index (χ1n) is 6.50. The molecule has 1 aliphatic rings. The van der Waals surface area contributed by atoms with Crippen LogP contribution in [0.25, 0.3) is 0 Å². The van der Waals surface area contributed by atoms with Crippen LogP contribution in [0.15, 0.2) is 0 Å². The summed E-state index contributed by atoms with van der Waals surface area (Å²) in [6.45, 7) is 4.54. The Morgan fingerprint density at radius 1 is 1.38 bits per heavy atom. The van der Waals surface area contributed by atoms with E-state index in [4.69, 9.17) is 5.11 Å². The Bertz CT molecular complexity index is 734. The van der Waals surface area contributed by atoms with E-state index in [9.17, 15) is 9.59 Å². The van der Waals surface area contributed by atoms with E-state index in [0.29, 0.717) is 35.6 Å². The second-order valence-corrected chi connectivity index (χ2v) is 6.16. The fraction of sp³-hybridized carbons (Fsp3) is 0.385. The molecule has 0 atom stereocenters. The van der Waals surface area contributed by atoms with Gasteiger partial charge < -0.3 is 10.0 Å². The van der Waals surface area contributed by atoms with Crippen LogP contribution in [-0.4, -0.2) is 43.6 Å². The number of aryl methyl sites for hydroxylation is 2. The van der Waals surface area contributed by atoms with Crippen LogP contribution in [0.1, 0.15) is 42.1 Å². The molecule has 7 nitrogen and oxygen atoms in total. The van der Waals surface area contributed by atoms with Gasteiger partial charge in [-0.25, -0.2) is 9.78 Å². The molecular weight excluding hydrogens is 292 g/mol. The Kier molecular flexibility index (Phi) is 3.25. The third-order valence-electron chi connectivity index (χ3n) is 3.52. The van der Waals surface area contributed by atoms with Gasteiger partial charge in [-0.1, -0.05) is 0 Å². The number of carbonyl (C=O) groups is 2. The summed E-state index contributed by atoms with van der Waals surface area (Å²) in [4.78, 5) is 30.2. The Balaban J connectivity index is 1.85. The average molecular weight is 306 g/mol. The molecule has 1 amide bonds. The first kappa shape index (κ1) is 13.7. The zero-order valence-corrected chi connectivity index (χ0v) is 12.5. The van der Waals surface area contributed by atoms with Crippen LogP contribution in [-0.2, 0) is 13.0 Å². The van der Waals surface area contributed by atoms with Gasteiger partial charge in [0.05, 0.1) is 22.9 Å². The van der Waals surface area contributed by atoms with Crippen LogP contribution < -0.4 is 0 Å². The molecule has 0 spiro atoms. The number of H-pyrrole nitrogens is 1. The number of carboxylic acid groups (broad SMARTS) is 1. The van der Waals surface area contributed by atoms with Gasteiger partial charge in [-0.3, -0.25) is 9.89 Å². The van der Waals surface area contributed by atoms with Gasteiger partial charge in [0.15, 0.2) is 5.69 Å². The standard InChI is InChI=1S/C13H14N4O3S/c1-6-11(21-7(2)14-6)12(18)17-4-3-8-9(5-17)15-16-10(8)13(19)20/h3-5H2,1-2H3,(H,15,16)(H,19,20). The third kappa shape index (κ3) is 2.31. The molecule has 8 heteroatoms. The van der Waals surface area contributed by atoms with Crippen molar-refractivity contribution >= 4 is 23.2 Å². The van der Waals surface area contributed by atoms with Crippen LogP contribution in [0.4, 0.5) is 0 Å². The monoisotopic (exact) mass is 306 g/mol. The maximum absolute atomic E-state index is 12.5. The van der Waals surface area contributed by atoms with Gasteiger partial charge in [-0.2, -0.15) is 5.10 Å². The van der Waals surface area contributed by atoms with Crippen molar-refractivity contribution in [1.82, 2.24) is 20.1 Å². The smallest absolute Gasteiger partial charge is 0.356 e. The topological polar surface area (TPSA) is 99.2 Å². The highest BCUT2D eigenvalue weighted by molar-refractivity contribution is 7.13. The van der Waals surface area contributed by atoms with E-state index in [2.05, 4.69) is 15.2 Å². The molecule has 0 aliphatic carbocycles. The Labute approximate surface area is 124 Å². The number of rotatable bonds is 2. The van der Waals surface area contributed by atoms with Crippen molar-refractivity contribution in [2.45, 2.75) is 26.8 Å². The van der Waals surface area contributed by atoms with Crippen LogP contribution in [0, 0.1) is 13.8 Å². The van der Waals surface area contributed by atoms with Crippen molar-refractivity contribution in [2.24, 2.45) is 0 Å². The van der Waals surface area contributed by atoms with Crippen LogP contribution in [0.2, 0.25) is 0 Å². The van der Waals surface area contributed by atoms with Crippen molar-refractivity contribution in [3.63, 3.8) is 0 Å². The van der Waals surface area contributed by atoms with Crippen molar-refractivity contribution in [1.29, 1.82) is 0 Å². The number of nitrogens with zero attached hydrogens (tertiary/aromatic N) is 3. The largest absolute Gasteiger partial charge is 0.476 e. The van der Waals surface area contributed by atoms with Gasteiger partial charge in [0.2, 0.25) is 0 Å². The second-order valence-electron chi connectivity index (χ2n) is 4.96. The summed E-state index contributed by atoms with van der Waals surface area (Å²) in [5, 5.41) is 16.5. The number of thiazole rings is 1. The van der Waals surface area contributed by atoms with Gasteiger partial charge in [-0.15, -0.1) is 11.3 Å². The molecule has 2 aromatic rings. The van der Waals surface area contributed by atoms with Gasteiger partial charge in [0.1, 0.15) is 4.88 Å². The summed E-state index contributed by atoms with van der Waals surface area (Å²) in [7, 11) is 0. The molecule has 0 fully saturated rings. The quantitative estimate of drug-likeness (QED) is 0.873. The number of fused-ring (bicyclic) bond motifs is 1.